The lowest BCUT2D eigenvalue weighted by molar-refractivity contribution is 0.455. The van der Waals surface area contributed by atoms with Crippen molar-refractivity contribution in [1.29, 1.82) is 0 Å². The first kappa shape index (κ1) is 14.1. The van der Waals surface area contributed by atoms with Gasteiger partial charge in [0.25, 0.3) is 0 Å². The molecule has 21 heavy (non-hydrogen) atoms. The Balaban J connectivity index is 0.000000160. The highest BCUT2D eigenvalue weighted by Gasteiger charge is 2.16. The number of aromatic nitrogens is 1. The molecular formula is C18H22N2O. The predicted octanol–water partition coefficient (Wildman–Crippen LogP) is 3.93. The zero-order chi connectivity index (χ0) is 14.3. The summed E-state index contributed by atoms with van der Waals surface area (Å²) in [5.41, 5.74) is 2.23. The average molecular weight is 282 g/mol. The summed E-state index contributed by atoms with van der Waals surface area (Å²) >= 11 is 0. The molecule has 1 N–H and O–H groups in total. The van der Waals surface area contributed by atoms with Crippen LogP contribution in [0.1, 0.15) is 36.9 Å². The molecule has 1 aromatic carbocycles. The largest absolute Gasteiger partial charge is 0.455 e. The minimum Gasteiger partial charge on any atom is -0.455 e. The summed E-state index contributed by atoms with van der Waals surface area (Å²) in [6, 6.07) is 11.9. The van der Waals surface area contributed by atoms with Gasteiger partial charge in [-0.15, -0.1) is 0 Å². The molecular weight excluding hydrogens is 260 g/mol. The molecule has 0 amide bonds. The summed E-state index contributed by atoms with van der Waals surface area (Å²) in [4.78, 5) is 4.29. The number of hydrogen-bond donors (Lipinski definition) is 1. The van der Waals surface area contributed by atoms with E-state index in [0.717, 1.165) is 23.6 Å². The first-order valence-electron chi connectivity index (χ1n) is 7.84. The van der Waals surface area contributed by atoms with E-state index in [1.165, 1.54) is 44.3 Å². The topological polar surface area (TPSA) is 34.2 Å². The molecule has 1 saturated heterocycles. The fourth-order valence-electron chi connectivity index (χ4n) is 2.68. The van der Waals surface area contributed by atoms with Crippen LogP contribution in [-0.2, 0) is 6.42 Å². The minimum atomic E-state index is 0.867. The van der Waals surface area contributed by atoms with Gasteiger partial charge in [0, 0.05) is 18.2 Å². The SMILES string of the molecule is C1CCCNCC1.c1ccc2c(c1)Cc1ncccc1O2. The van der Waals surface area contributed by atoms with Gasteiger partial charge >= 0.3 is 0 Å². The van der Waals surface area contributed by atoms with E-state index in [2.05, 4.69) is 16.4 Å². The van der Waals surface area contributed by atoms with E-state index in [4.69, 9.17) is 4.74 Å². The highest BCUT2D eigenvalue weighted by molar-refractivity contribution is 5.46. The Bertz CT molecular complexity index is 476. The second kappa shape index (κ2) is 7.23. The molecule has 0 radical (unpaired) electrons. The Labute approximate surface area is 126 Å². The fourth-order valence-corrected chi connectivity index (χ4v) is 2.68. The molecule has 1 fully saturated rings. The molecule has 0 bridgehead atoms. The van der Waals surface area contributed by atoms with Gasteiger partial charge in [0.2, 0.25) is 0 Å². The Kier molecular flexibility index (Phi) is 4.85. The van der Waals surface area contributed by atoms with E-state index in [1.54, 1.807) is 6.20 Å². The molecule has 0 aliphatic carbocycles. The molecule has 0 atom stereocenters. The van der Waals surface area contributed by atoms with Crippen molar-refractivity contribution in [2.45, 2.75) is 32.1 Å². The van der Waals surface area contributed by atoms with Gasteiger partial charge in [-0.2, -0.15) is 0 Å². The highest BCUT2D eigenvalue weighted by atomic mass is 16.5. The fraction of sp³-hybridized carbons (Fsp3) is 0.389. The maximum atomic E-state index is 5.71. The van der Waals surface area contributed by atoms with Crippen LogP contribution >= 0.6 is 0 Å². The Hall–Kier alpha value is -1.87. The molecule has 1 aromatic heterocycles. The van der Waals surface area contributed by atoms with Gasteiger partial charge in [-0.05, 0) is 44.1 Å². The monoisotopic (exact) mass is 282 g/mol. The molecule has 0 saturated carbocycles. The van der Waals surface area contributed by atoms with Crippen LogP contribution in [0.2, 0.25) is 0 Å². The summed E-state index contributed by atoms with van der Waals surface area (Å²) in [5.74, 6) is 1.83. The number of fused-ring (bicyclic) bond motifs is 2. The summed E-state index contributed by atoms with van der Waals surface area (Å²) in [6.45, 7) is 2.50. The van der Waals surface area contributed by atoms with Crippen molar-refractivity contribution in [2.75, 3.05) is 13.1 Å². The van der Waals surface area contributed by atoms with Gasteiger partial charge in [-0.3, -0.25) is 4.98 Å². The zero-order valence-electron chi connectivity index (χ0n) is 12.3. The number of para-hydroxylation sites is 1. The van der Waals surface area contributed by atoms with Gasteiger partial charge < -0.3 is 10.1 Å². The van der Waals surface area contributed by atoms with Gasteiger partial charge in [0.15, 0.2) is 0 Å². The molecule has 3 nitrogen and oxygen atoms in total. The van der Waals surface area contributed by atoms with Gasteiger partial charge in [-0.25, -0.2) is 0 Å². The minimum absolute atomic E-state index is 0.867. The van der Waals surface area contributed by atoms with Crippen LogP contribution in [0.15, 0.2) is 42.6 Å². The van der Waals surface area contributed by atoms with Crippen molar-refractivity contribution < 1.29 is 4.74 Å². The summed E-state index contributed by atoms with van der Waals surface area (Å²) in [5, 5.41) is 3.35. The van der Waals surface area contributed by atoms with Crippen molar-refractivity contribution >= 4 is 0 Å². The van der Waals surface area contributed by atoms with Crippen molar-refractivity contribution in [1.82, 2.24) is 10.3 Å². The number of pyridine rings is 1. The van der Waals surface area contributed by atoms with Crippen LogP contribution in [0.3, 0.4) is 0 Å². The number of benzene rings is 1. The van der Waals surface area contributed by atoms with E-state index in [0.29, 0.717) is 0 Å². The smallest absolute Gasteiger partial charge is 0.149 e. The molecule has 110 valence electrons. The molecule has 2 aliphatic rings. The van der Waals surface area contributed by atoms with E-state index < -0.39 is 0 Å². The molecule has 0 spiro atoms. The number of hydrogen-bond acceptors (Lipinski definition) is 3. The molecule has 0 unspecified atom stereocenters. The second-order valence-electron chi connectivity index (χ2n) is 5.50. The Morgan fingerprint density at radius 2 is 1.62 bits per heavy atom. The van der Waals surface area contributed by atoms with E-state index in [1.807, 2.05) is 30.3 Å². The molecule has 2 aromatic rings. The molecule has 3 heteroatoms. The molecule has 3 heterocycles. The Morgan fingerprint density at radius 3 is 2.48 bits per heavy atom. The van der Waals surface area contributed by atoms with Crippen LogP contribution in [0.4, 0.5) is 0 Å². The third-order valence-electron chi connectivity index (χ3n) is 3.86. The summed E-state index contributed by atoms with van der Waals surface area (Å²) in [6.07, 6.45) is 8.32. The van der Waals surface area contributed by atoms with E-state index in [-0.39, 0.29) is 0 Å². The van der Waals surface area contributed by atoms with Crippen molar-refractivity contribution in [3.8, 4) is 11.5 Å². The van der Waals surface area contributed by atoms with Crippen molar-refractivity contribution in [3.05, 3.63) is 53.9 Å². The predicted molar refractivity (Wildman–Crippen MR) is 84.9 cm³/mol. The summed E-state index contributed by atoms with van der Waals surface area (Å²) < 4.78 is 5.71. The quantitative estimate of drug-likeness (QED) is 0.678. The average Bonchev–Trinajstić information content (AvgIpc) is 2.86. The second-order valence-corrected chi connectivity index (χ2v) is 5.50. The van der Waals surface area contributed by atoms with Crippen LogP contribution in [0.5, 0.6) is 11.5 Å². The molecule has 4 rings (SSSR count). The van der Waals surface area contributed by atoms with Gasteiger partial charge in [0.1, 0.15) is 11.5 Å². The van der Waals surface area contributed by atoms with Gasteiger partial charge in [-0.1, -0.05) is 31.0 Å². The Morgan fingerprint density at radius 1 is 0.857 bits per heavy atom. The third kappa shape index (κ3) is 3.82. The maximum absolute atomic E-state index is 5.71. The first-order valence-corrected chi connectivity index (χ1v) is 7.84. The maximum Gasteiger partial charge on any atom is 0.149 e. The zero-order valence-corrected chi connectivity index (χ0v) is 12.3. The number of nitrogens with zero attached hydrogens (tertiary/aromatic N) is 1. The van der Waals surface area contributed by atoms with E-state index in [9.17, 15) is 0 Å². The lowest BCUT2D eigenvalue weighted by Crippen LogP contribution is -2.12. The van der Waals surface area contributed by atoms with Crippen LogP contribution in [0.25, 0.3) is 0 Å². The number of nitrogens with one attached hydrogen (secondary N) is 1. The number of rotatable bonds is 0. The highest BCUT2D eigenvalue weighted by Crippen LogP contribution is 2.34. The first-order chi connectivity index (χ1) is 10.4. The van der Waals surface area contributed by atoms with Crippen LogP contribution in [-0.4, -0.2) is 18.1 Å². The lowest BCUT2D eigenvalue weighted by Gasteiger charge is -2.18. The normalized spacial score (nSPS) is 16.4. The standard InChI is InChI=1S/C12H9NO.C6H13N/c1-2-5-11-9(4-1)8-10-12(14-11)6-3-7-13-10;1-2-4-6-7-5-3-1/h1-7H,8H2;7H,1-6H2. The molecule has 2 aliphatic heterocycles. The summed E-state index contributed by atoms with van der Waals surface area (Å²) in [7, 11) is 0. The number of ether oxygens (including phenoxy) is 1. The van der Waals surface area contributed by atoms with Crippen LogP contribution in [0, 0.1) is 0 Å². The third-order valence-corrected chi connectivity index (χ3v) is 3.86. The van der Waals surface area contributed by atoms with Crippen molar-refractivity contribution in [2.24, 2.45) is 0 Å². The van der Waals surface area contributed by atoms with Crippen LogP contribution < -0.4 is 10.1 Å². The lowest BCUT2D eigenvalue weighted by atomic mass is 10.1. The van der Waals surface area contributed by atoms with E-state index >= 15 is 0 Å². The van der Waals surface area contributed by atoms with Crippen molar-refractivity contribution in [3.63, 3.8) is 0 Å². The van der Waals surface area contributed by atoms with Gasteiger partial charge in [0.05, 0.1) is 5.69 Å².